The predicted octanol–water partition coefficient (Wildman–Crippen LogP) is 21.0. The van der Waals surface area contributed by atoms with Gasteiger partial charge in [-0.25, -0.2) is 0 Å². The van der Waals surface area contributed by atoms with Crippen LogP contribution >= 0.6 is 0 Å². The molecule has 0 saturated carbocycles. The lowest BCUT2D eigenvalue weighted by Gasteiger charge is -2.20. The number of carbonyl (C=O) groups is 2. The Morgan fingerprint density at radius 1 is 0.370 bits per heavy atom. The van der Waals surface area contributed by atoms with Gasteiger partial charge in [0.05, 0.1) is 25.4 Å². The van der Waals surface area contributed by atoms with Crippen molar-refractivity contribution in [1.29, 1.82) is 0 Å². The van der Waals surface area contributed by atoms with Crippen LogP contribution in [0.25, 0.3) is 0 Å². The smallest absolute Gasteiger partial charge is 0.305 e. The maximum Gasteiger partial charge on any atom is 0.305 e. The number of allylic oxidation sites excluding steroid dienone is 3. The minimum atomic E-state index is -0.839. The molecule has 6 heteroatoms. The van der Waals surface area contributed by atoms with Gasteiger partial charge in [0.1, 0.15) is 0 Å². The van der Waals surface area contributed by atoms with Crippen molar-refractivity contribution in [3.63, 3.8) is 0 Å². The summed E-state index contributed by atoms with van der Waals surface area (Å²) in [7, 11) is 0. The van der Waals surface area contributed by atoms with E-state index in [0.717, 1.165) is 44.9 Å². The molecule has 0 bridgehead atoms. The van der Waals surface area contributed by atoms with Crippen LogP contribution in [0.2, 0.25) is 0 Å². The van der Waals surface area contributed by atoms with Gasteiger partial charge in [-0.05, 0) is 57.8 Å². The van der Waals surface area contributed by atoms with E-state index < -0.39 is 12.1 Å². The summed E-state index contributed by atoms with van der Waals surface area (Å²) in [6.45, 7) is 4.90. The average molecular weight is 1030 g/mol. The zero-order valence-corrected chi connectivity index (χ0v) is 49.4. The highest BCUT2D eigenvalue weighted by Crippen LogP contribution is 2.18. The summed E-state index contributed by atoms with van der Waals surface area (Å²) < 4.78 is 5.50. The van der Waals surface area contributed by atoms with Crippen LogP contribution in [0.1, 0.15) is 367 Å². The molecule has 0 radical (unpaired) electrons. The summed E-state index contributed by atoms with van der Waals surface area (Å²) in [5.41, 5.74) is 0. The SMILES string of the molecule is CCCCCCCCC/C=C\CCCCCCCCCC(=O)OCCCCCCCCCCCCCCCCCCCCCCCCCCCCCCCC(=O)NC(CO)C(O)/C=C/CCCCCCCCC. The number of nitrogens with one attached hydrogen (secondary N) is 1. The lowest BCUT2D eigenvalue weighted by molar-refractivity contribution is -0.143. The fourth-order valence-corrected chi connectivity index (χ4v) is 10.4. The standard InChI is InChI=1S/C67H129NO5/c1-3-5-7-9-11-13-14-15-16-17-32-35-38-41-45-49-53-57-61-67(72)73-62-58-54-50-46-42-39-36-33-30-28-26-24-22-20-18-19-21-23-25-27-29-31-34-37-40-44-48-52-56-60-66(71)68-64(63-69)65(70)59-55-51-47-43-12-10-8-6-4-2/h16-17,55,59,64-65,69-70H,3-15,18-54,56-58,60-63H2,1-2H3,(H,68,71)/b17-16-,59-55+. The van der Waals surface area contributed by atoms with Gasteiger partial charge in [0, 0.05) is 12.8 Å². The summed E-state index contributed by atoms with van der Waals surface area (Å²) in [6.07, 6.45) is 78.3. The zero-order chi connectivity index (χ0) is 52.9. The molecule has 2 unspecified atom stereocenters. The van der Waals surface area contributed by atoms with E-state index in [4.69, 9.17) is 4.74 Å². The first-order chi connectivity index (χ1) is 36.0. The largest absolute Gasteiger partial charge is 0.466 e. The maximum absolute atomic E-state index is 12.4. The third-order valence-electron chi connectivity index (χ3n) is 15.5. The van der Waals surface area contributed by atoms with E-state index in [1.54, 1.807) is 6.08 Å². The number of hydrogen-bond acceptors (Lipinski definition) is 5. The Hall–Kier alpha value is -1.66. The number of unbranched alkanes of at least 4 members (excludes halogenated alkanes) is 49. The van der Waals surface area contributed by atoms with Crippen LogP contribution in [0.5, 0.6) is 0 Å². The van der Waals surface area contributed by atoms with Crippen molar-refractivity contribution >= 4 is 11.9 Å². The van der Waals surface area contributed by atoms with Crippen LogP contribution < -0.4 is 5.32 Å². The van der Waals surface area contributed by atoms with Crippen LogP contribution in [0.3, 0.4) is 0 Å². The van der Waals surface area contributed by atoms with E-state index in [0.29, 0.717) is 19.4 Å². The Morgan fingerprint density at radius 3 is 0.973 bits per heavy atom. The molecule has 3 N–H and O–H groups in total. The van der Waals surface area contributed by atoms with Crippen LogP contribution in [-0.2, 0) is 14.3 Å². The molecule has 2 atom stereocenters. The number of rotatable bonds is 62. The number of aliphatic hydroxyl groups excluding tert-OH is 2. The van der Waals surface area contributed by atoms with Gasteiger partial charge in [-0.1, -0.05) is 321 Å². The Labute approximate surface area is 456 Å². The molecule has 0 aromatic heterocycles. The van der Waals surface area contributed by atoms with Gasteiger partial charge in [0.25, 0.3) is 0 Å². The third kappa shape index (κ3) is 59.4. The predicted molar refractivity (Wildman–Crippen MR) is 320 cm³/mol. The fourth-order valence-electron chi connectivity index (χ4n) is 10.4. The lowest BCUT2D eigenvalue weighted by Crippen LogP contribution is -2.45. The van der Waals surface area contributed by atoms with E-state index in [-0.39, 0.29) is 18.5 Å². The third-order valence-corrected chi connectivity index (χ3v) is 15.5. The summed E-state index contributed by atoms with van der Waals surface area (Å²) in [4.78, 5) is 24.5. The maximum atomic E-state index is 12.4. The van der Waals surface area contributed by atoms with Crippen molar-refractivity contribution < 1.29 is 24.5 Å². The average Bonchev–Trinajstić information content (AvgIpc) is 3.39. The summed E-state index contributed by atoms with van der Waals surface area (Å²) >= 11 is 0. The molecule has 0 fully saturated rings. The van der Waals surface area contributed by atoms with Crippen LogP contribution in [-0.4, -0.2) is 47.4 Å². The minimum absolute atomic E-state index is 0.0166. The Balaban J connectivity index is 3.30. The Morgan fingerprint density at radius 2 is 0.644 bits per heavy atom. The Kier molecular flexibility index (Phi) is 61.4. The molecule has 0 aliphatic carbocycles. The van der Waals surface area contributed by atoms with E-state index in [1.807, 2.05) is 6.08 Å². The van der Waals surface area contributed by atoms with Crippen molar-refractivity contribution in [3.05, 3.63) is 24.3 Å². The lowest BCUT2D eigenvalue weighted by atomic mass is 10.0. The summed E-state index contributed by atoms with van der Waals surface area (Å²) in [5.74, 6) is -0.0494. The first-order valence-corrected chi connectivity index (χ1v) is 33.1. The van der Waals surface area contributed by atoms with Gasteiger partial charge < -0.3 is 20.3 Å². The summed E-state index contributed by atoms with van der Waals surface area (Å²) in [5, 5.41) is 23.0. The molecule has 0 spiro atoms. The van der Waals surface area contributed by atoms with E-state index in [2.05, 4.69) is 31.3 Å². The molecule has 6 nitrogen and oxygen atoms in total. The number of aliphatic hydroxyl groups is 2. The monoisotopic (exact) mass is 1030 g/mol. The van der Waals surface area contributed by atoms with Crippen molar-refractivity contribution in [2.45, 2.75) is 379 Å². The second-order valence-corrected chi connectivity index (χ2v) is 22.8. The highest BCUT2D eigenvalue weighted by Gasteiger charge is 2.18. The van der Waals surface area contributed by atoms with Gasteiger partial charge in [-0.2, -0.15) is 0 Å². The molecular weight excluding hydrogens is 899 g/mol. The van der Waals surface area contributed by atoms with Crippen molar-refractivity contribution in [1.82, 2.24) is 5.32 Å². The second kappa shape index (κ2) is 62.9. The highest BCUT2D eigenvalue weighted by molar-refractivity contribution is 5.76. The first kappa shape index (κ1) is 71.3. The summed E-state index contributed by atoms with van der Waals surface area (Å²) in [6, 6.07) is -0.622. The zero-order valence-electron chi connectivity index (χ0n) is 49.4. The molecule has 0 saturated heterocycles. The number of amides is 1. The van der Waals surface area contributed by atoms with E-state index >= 15 is 0 Å². The molecule has 0 aromatic rings. The number of hydrogen-bond donors (Lipinski definition) is 3. The van der Waals surface area contributed by atoms with E-state index in [9.17, 15) is 19.8 Å². The molecule has 0 aliphatic rings. The molecule has 0 rings (SSSR count). The fraction of sp³-hybridized carbons (Fsp3) is 0.910. The minimum Gasteiger partial charge on any atom is -0.466 e. The first-order valence-electron chi connectivity index (χ1n) is 33.1. The molecular formula is C67H129NO5. The number of esters is 1. The topological polar surface area (TPSA) is 95.9 Å². The molecule has 0 aliphatic heterocycles. The van der Waals surface area contributed by atoms with E-state index in [1.165, 1.54) is 295 Å². The molecule has 73 heavy (non-hydrogen) atoms. The van der Waals surface area contributed by atoms with Crippen molar-refractivity contribution in [3.8, 4) is 0 Å². The second-order valence-electron chi connectivity index (χ2n) is 22.8. The highest BCUT2D eigenvalue weighted by atomic mass is 16.5. The molecule has 1 amide bonds. The molecule has 0 aromatic carbocycles. The van der Waals surface area contributed by atoms with Crippen LogP contribution in [0, 0.1) is 0 Å². The van der Waals surface area contributed by atoms with Gasteiger partial charge >= 0.3 is 5.97 Å². The van der Waals surface area contributed by atoms with Gasteiger partial charge in [0.2, 0.25) is 5.91 Å². The van der Waals surface area contributed by atoms with Crippen molar-refractivity contribution in [2.75, 3.05) is 13.2 Å². The van der Waals surface area contributed by atoms with Gasteiger partial charge in [-0.15, -0.1) is 0 Å². The number of carbonyl (C=O) groups excluding carboxylic acids is 2. The van der Waals surface area contributed by atoms with Crippen molar-refractivity contribution in [2.24, 2.45) is 0 Å². The molecule has 432 valence electrons. The van der Waals surface area contributed by atoms with Crippen LogP contribution in [0.15, 0.2) is 24.3 Å². The van der Waals surface area contributed by atoms with Gasteiger partial charge in [-0.3, -0.25) is 9.59 Å². The molecule has 0 heterocycles. The van der Waals surface area contributed by atoms with Crippen LogP contribution in [0.4, 0.5) is 0 Å². The Bertz CT molecular complexity index is 1140. The normalized spacial score (nSPS) is 12.7. The van der Waals surface area contributed by atoms with Gasteiger partial charge in [0.15, 0.2) is 0 Å². The quantitative estimate of drug-likeness (QED) is 0.0320. The number of ether oxygens (including phenoxy) is 1.